The van der Waals surface area contributed by atoms with Gasteiger partial charge in [-0.3, -0.25) is 4.79 Å². The van der Waals surface area contributed by atoms with Gasteiger partial charge >= 0.3 is 12.1 Å². The first-order valence-corrected chi connectivity index (χ1v) is 12.4. The normalized spacial score (nSPS) is 20.3. The maximum atomic E-state index is 13.3. The van der Waals surface area contributed by atoms with Crippen molar-refractivity contribution in [3.63, 3.8) is 0 Å². The lowest BCUT2D eigenvalue weighted by molar-refractivity contribution is -0.132. The number of para-hydroxylation sites is 2. The molecule has 3 aromatic carbocycles. The monoisotopic (exact) mass is 513 g/mol. The first-order chi connectivity index (χ1) is 18.5. The summed E-state index contributed by atoms with van der Waals surface area (Å²) in [6.45, 7) is 0. The number of ether oxygens (including phenoxy) is 4. The molecule has 0 bridgehead atoms. The zero-order valence-corrected chi connectivity index (χ0v) is 20.8. The fourth-order valence-electron chi connectivity index (χ4n) is 4.73. The molecule has 1 heterocycles. The van der Waals surface area contributed by atoms with Gasteiger partial charge in [0.15, 0.2) is 0 Å². The van der Waals surface area contributed by atoms with Gasteiger partial charge < -0.3 is 18.9 Å². The molecular weight excluding hydrogens is 486 g/mol. The molecule has 0 spiro atoms. The van der Waals surface area contributed by atoms with Gasteiger partial charge in [-0.25, -0.2) is 14.5 Å². The van der Waals surface area contributed by atoms with Crippen molar-refractivity contribution < 1.29 is 33.3 Å². The topological polar surface area (TPSA) is 91.4 Å². The standard InChI is InChI=1S/C30H27NO7/c1-35-29(33)20-12-14-23(15-13-20)37-27-19-36-26-18-24(16-17-25(26)28(27)32)38-30(34)31(21-8-4-2-5-9-21)22-10-6-3-7-11-22/h2-15,19,24-26H,16-18H2,1H3. The Hall–Kier alpha value is -4.59. The molecule has 3 unspecified atom stereocenters. The molecule has 1 saturated carbocycles. The lowest BCUT2D eigenvalue weighted by atomic mass is 9.80. The van der Waals surface area contributed by atoms with E-state index in [9.17, 15) is 14.4 Å². The van der Waals surface area contributed by atoms with Crippen molar-refractivity contribution in [2.75, 3.05) is 12.0 Å². The fourth-order valence-corrected chi connectivity index (χ4v) is 4.73. The van der Waals surface area contributed by atoms with Crippen LogP contribution in [0.2, 0.25) is 0 Å². The fraction of sp³-hybridized carbons (Fsp3) is 0.233. The molecule has 0 radical (unpaired) electrons. The summed E-state index contributed by atoms with van der Waals surface area (Å²) in [6, 6.07) is 24.9. The third-order valence-electron chi connectivity index (χ3n) is 6.66. The number of ketones is 1. The Morgan fingerprint density at radius 3 is 2.11 bits per heavy atom. The van der Waals surface area contributed by atoms with Crippen molar-refractivity contribution in [1.29, 1.82) is 0 Å². The highest BCUT2D eigenvalue weighted by atomic mass is 16.6. The number of fused-ring (bicyclic) bond motifs is 1. The molecule has 1 aliphatic heterocycles. The van der Waals surface area contributed by atoms with Crippen LogP contribution in [-0.4, -0.2) is 37.2 Å². The average Bonchev–Trinajstić information content (AvgIpc) is 2.96. The van der Waals surface area contributed by atoms with Crippen molar-refractivity contribution in [3.05, 3.63) is 103 Å². The van der Waals surface area contributed by atoms with Crippen LogP contribution in [0.4, 0.5) is 16.2 Å². The number of Topliss-reactive ketones (excluding diaryl/α,β-unsaturated/α-hetero) is 1. The SMILES string of the molecule is COC(=O)c1ccc(OC2=COC3CC(OC(=O)N(c4ccccc4)c4ccccc4)CCC3C2=O)cc1. The number of anilines is 2. The summed E-state index contributed by atoms with van der Waals surface area (Å²) in [5.74, 6) is -0.489. The second kappa shape index (κ2) is 11.2. The lowest BCUT2D eigenvalue weighted by Gasteiger charge is -2.37. The average molecular weight is 514 g/mol. The highest BCUT2D eigenvalue weighted by molar-refractivity contribution is 5.97. The van der Waals surface area contributed by atoms with Gasteiger partial charge in [-0.2, -0.15) is 0 Å². The molecule has 8 heteroatoms. The summed E-state index contributed by atoms with van der Waals surface area (Å²) in [6.07, 6.45) is 1.46. The molecule has 3 aromatic rings. The number of carbonyl (C=O) groups is 3. The van der Waals surface area contributed by atoms with Gasteiger partial charge in [-0.05, 0) is 61.4 Å². The Morgan fingerprint density at radius 2 is 1.50 bits per heavy atom. The number of allylic oxidation sites excluding steroid dienone is 1. The maximum absolute atomic E-state index is 13.3. The predicted molar refractivity (Wildman–Crippen MR) is 139 cm³/mol. The maximum Gasteiger partial charge on any atom is 0.419 e. The number of carbonyl (C=O) groups excluding carboxylic acids is 3. The zero-order valence-electron chi connectivity index (χ0n) is 20.8. The molecule has 1 aliphatic carbocycles. The Balaban J connectivity index is 1.24. The summed E-state index contributed by atoms with van der Waals surface area (Å²) in [4.78, 5) is 39.6. The number of benzene rings is 3. The molecule has 38 heavy (non-hydrogen) atoms. The molecule has 0 aromatic heterocycles. The number of rotatable bonds is 6. The van der Waals surface area contributed by atoms with Crippen molar-refractivity contribution in [2.24, 2.45) is 5.92 Å². The second-order valence-corrected chi connectivity index (χ2v) is 9.07. The van der Waals surface area contributed by atoms with Crippen LogP contribution in [0.3, 0.4) is 0 Å². The van der Waals surface area contributed by atoms with E-state index < -0.39 is 30.2 Å². The molecule has 8 nitrogen and oxygen atoms in total. The Labute approximate surface area is 220 Å². The second-order valence-electron chi connectivity index (χ2n) is 9.07. The van der Waals surface area contributed by atoms with Gasteiger partial charge in [0, 0.05) is 6.42 Å². The van der Waals surface area contributed by atoms with E-state index >= 15 is 0 Å². The highest BCUT2D eigenvalue weighted by Crippen LogP contribution is 2.36. The van der Waals surface area contributed by atoms with E-state index in [0.29, 0.717) is 42.0 Å². The number of esters is 1. The summed E-state index contributed by atoms with van der Waals surface area (Å²) in [7, 11) is 1.31. The van der Waals surface area contributed by atoms with Crippen LogP contribution >= 0.6 is 0 Å². The minimum absolute atomic E-state index is 0.104. The summed E-state index contributed by atoms with van der Waals surface area (Å²) in [5.41, 5.74) is 1.78. The zero-order chi connectivity index (χ0) is 26.5. The van der Waals surface area contributed by atoms with Crippen LogP contribution in [0.1, 0.15) is 29.6 Å². The molecule has 194 valence electrons. The van der Waals surface area contributed by atoms with Crippen LogP contribution in [0.5, 0.6) is 5.75 Å². The van der Waals surface area contributed by atoms with Crippen molar-refractivity contribution in [3.8, 4) is 5.75 Å². The number of methoxy groups -OCH3 is 1. The van der Waals surface area contributed by atoms with Gasteiger partial charge in [0.25, 0.3) is 0 Å². The highest BCUT2D eigenvalue weighted by Gasteiger charge is 2.42. The minimum Gasteiger partial charge on any atom is -0.493 e. The largest absolute Gasteiger partial charge is 0.493 e. The Kier molecular flexibility index (Phi) is 7.40. The van der Waals surface area contributed by atoms with Crippen molar-refractivity contribution in [2.45, 2.75) is 31.5 Å². The van der Waals surface area contributed by atoms with Gasteiger partial charge in [0.1, 0.15) is 24.2 Å². The molecule has 1 fully saturated rings. The van der Waals surface area contributed by atoms with Gasteiger partial charge in [-0.15, -0.1) is 0 Å². The number of amides is 1. The Morgan fingerprint density at radius 1 is 0.868 bits per heavy atom. The van der Waals surface area contributed by atoms with E-state index in [0.717, 1.165) is 0 Å². The third kappa shape index (κ3) is 5.39. The van der Waals surface area contributed by atoms with Crippen LogP contribution < -0.4 is 9.64 Å². The first-order valence-electron chi connectivity index (χ1n) is 12.4. The third-order valence-corrected chi connectivity index (χ3v) is 6.66. The van der Waals surface area contributed by atoms with Crippen LogP contribution in [-0.2, 0) is 19.0 Å². The molecule has 5 rings (SSSR count). The van der Waals surface area contributed by atoms with Crippen LogP contribution in [0, 0.1) is 5.92 Å². The van der Waals surface area contributed by atoms with E-state index in [1.54, 1.807) is 24.3 Å². The summed E-state index contributed by atoms with van der Waals surface area (Å²) >= 11 is 0. The summed E-state index contributed by atoms with van der Waals surface area (Å²) in [5, 5.41) is 0. The smallest absolute Gasteiger partial charge is 0.419 e. The van der Waals surface area contributed by atoms with E-state index in [1.165, 1.54) is 18.3 Å². The van der Waals surface area contributed by atoms with Gasteiger partial charge in [-0.1, -0.05) is 36.4 Å². The number of hydrogen-bond acceptors (Lipinski definition) is 7. The van der Waals surface area contributed by atoms with E-state index in [-0.39, 0.29) is 11.5 Å². The van der Waals surface area contributed by atoms with Gasteiger partial charge in [0.2, 0.25) is 11.5 Å². The van der Waals surface area contributed by atoms with Crippen LogP contribution in [0.25, 0.3) is 0 Å². The van der Waals surface area contributed by atoms with Crippen molar-refractivity contribution in [1.82, 2.24) is 0 Å². The molecule has 0 N–H and O–H groups in total. The number of hydrogen-bond donors (Lipinski definition) is 0. The van der Waals surface area contributed by atoms with E-state index in [2.05, 4.69) is 0 Å². The molecule has 1 amide bonds. The molecule has 2 aliphatic rings. The molecule has 3 atom stereocenters. The Bertz CT molecular complexity index is 1280. The van der Waals surface area contributed by atoms with E-state index in [4.69, 9.17) is 18.9 Å². The predicted octanol–water partition coefficient (Wildman–Crippen LogP) is 5.80. The van der Waals surface area contributed by atoms with Gasteiger partial charge in [0.05, 0.1) is 30.0 Å². The quantitative estimate of drug-likeness (QED) is 0.385. The van der Waals surface area contributed by atoms with E-state index in [1.807, 2.05) is 60.7 Å². The summed E-state index contributed by atoms with van der Waals surface area (Å²) < 4.78 is 22.2. The van der Waals surface area contributed by atoms with Crippen molar-refractivity contribution >= 4 is 29.2 Å². The molecular formula is C30H27NO7. The lowest BCUT2D eigenvalue weighted by Crippen LogP contribution is -2.44. The number of nitrogens with zero attached hydrogens (tertiary/aromatic N) is 1. The molecule has 0 saturated heterocycles. The first kappa shape index (κ1) is 25.1. The minimum atomic E-state index is -0.483. The van der Waals surface area contributed by atoms with Crippen LogP contribution in [0.15, 0.2) is 97.0 Å².